The van der Waals surface area contributed by atoms with E-state index in [0.29, 0.717) is 13.1 Å². The molecule has 0 aliphatic carbocycles. The van der Waals surface area contributed by atoms with Crippen LogP contribution in [0.15, 0.2) is 40.3 Å². The molecule has 0 saturated carbocycles. The molecule has 2 heterocycles. The molecule has 22 heavy (non-hydrogen) atoms. The molecular formula is C16H20N2O3S. The largest absolute Gasteiger partial charge is 0.467 e. The van der Waals surface area contributed by atoms with Gasteiger partial charge in [-0.2, -0.15) is 0 Å². The van der Waals surface area contributed by atoms with E-state index in [9.17, 15) is 9.59 Å². The molecule has 0 bridgehead atoms. The Morgan fingerprint density at radius 2 is 2.18 bits per heavy atom. The molecule has 5 nitrogen and oxygen atoms in total. The zero-order valence-electron chi connectivity index (χ0n) is 12.7. The van der Waals surface area contributed by atoms with Gasteiger partial charge in [0.2, 0.25) is 11.8 Å². The molecular weight excluding hydrogens is 300 g/mol. The Kier molecular flexibility index (Phi) is 5.77. The van der Waals surface area contributed by atoms with Gasteiger partial charge in [-0.1, -0.05) is 6.07 Å². The van der Waals surface area contributed by atoms with Gasteiger partial charge in [0.1, 0.15) is 5.76 Å². The van der Waals surface area contributed by atoms with Gasteiger partial charge >= 0.3 is 0 Å². The minimum absolute atomic E-state index is 0.00829. The molecule has 118 valence electrons. The van der Waals surface area contributed by atoms with Gasteiger partial charge in [0.25, 0.3) is 0 Å². The van der Waals surface area contributed by atoms with E-state index in [1.54, 1.807) is 17.2 Å². The molecule has 1 atom stereocenters. The number of hydrogen-bond acceptors (Lipinski definition) is 4. The second kappa shape index (κ2) is 7.79. The third-order valence-electron chi connectivity index (χ3n) is 3.30. The number of furan rings is 1. The molecule has 6 heteroatoms. The van der Waals surface area contributed by atoms with Crippen molar-refractivity contribution in [1.29, 1.82) is 0 Å². The Morgan fingerprint density at radius 1 is 1.36 bits per heavy atom. The van der Waals surface area contributed by atoms with Crippen LogP contribution in [0.1, 0.15) is 36.9 Å². The summed E-state index contributed by atoms with van der Waals surface area (Å²) >= 11 is 1.54. The van der Waals surface area contributed by atoms with Gasteiger partial charge in [0.15, 0.2) is 0 Å². The van der Waals surface area contributed by atoms with Crippen LogP contribution in [0, 0.1) is 0 Å². The molecule has 2 rings (SSSR count). The second-order valence-electron chi connectivity index (χ2n) is 4.96. The van der Waals surface area contributed by atoms with Crippen LogP contribution in [0.5, 0.6) is 0 Å². The maximum Gasteiger partial charge on any atom is 0.225 e. The van der Waals surface area contributed by atoms with Crippen molar-refractivity contribution in [3.63, 3.8) is 0 Å². The highest BCUT2D eigenvalue weighted by atomic mass is 32.1. The smallest absolute Gasteiger partial charge is 0.225 e. The van der Waals surface area contributed by atoms with E-state index in [1.807, 2.05) is 30.5 Å². The Hall–Kier alpha value is -2.08. The van der Waals surface area contributed by atoms with E-state index in [0.717, 1.165) is 10.6 Å². The number of amides is 2. The van der Waals surface area contributed by atoms with Crippen LogP contribution in [-0.2, 0) is 16.1 Å². The van der Waals surface area contributed by atoms with Gasteiger partial charge in [-0.15, -0.1) is 11.3 Å². The standard InChI is InChI=1S/C16H20N2O3S/c1-3-18(11-13-6-4-8-21-13)16(20)10-14(17-12(2)19)15-7-5-9-22-15/h4-9,14H,3,10-11H2,1-2H3,(H,17,19)/t14-/m1/s1. The summed E-state index contributed by atoms with van der Waals surface area (Å²) in [5.74, 6) is 0.605. The quantitative estimate of drug-likeness (QED) is 0.853. The van der Waals surface area contributed by atoms with E-state index >= 15 is 0 Å². The first-order valence-electron chi connectivity index (χ1n) is 7.20. The van der Waals surface area contributed by atoms with Crippen molar-refractivity contribution in [2.24, 2.45) is 0 Å². The first-order valence-corrected chi connectivity index (χ1v) is 8.08. The number of hydrogen-bond donors (Lipinski definition) is 1. The van der Waals surface area contributed by atoms with Crippen LogP contribution in [0.3, 0.4) is 0 Å². The van der Waals surface area contributed by atoms with E-state index in [2.05, 4.69) is 5.32 Å². The monoisotopic (exact) mass is 320 g/mol. The molecule has 0 aromatic carbocycles. The molecule has 0 unspecified atom stereocenters. The van der Waals surface area contributed by atoms with Crippen molar-refractivity contribution < 1.29 is 14.0 Å². The summed E-state index contributed by atoms with van der Waals surface area (Å²) in [6.07, 6.45) is 1.84. The SMILES string of the molecule is CCN(Cc1ccco1)C(=O)C[C@@H](NC(C)=O)c1cccs1. The normalized spacial score (nSPS) is 11.9. The molecule has 0 aliphatic rings. The van der Waals surface area contributed by atoms with Crippen molar-refractivity contribution in [3.8, 4) is 0 Å². The Bertz CT molecular complexity index is 593. The highest BCUT2D eigenvalue weighted by molar-refractivity contribution is 7.10. The first-order chi connectivity index (χ1) is 10.6. The summed E-state index contributed by atoms with van der Waals surface area (Å²) in [6.45, 7) is 4.43. The van der Waals surface area contributed by atoms with E-state index in [4.69, 9.17) is 4.42 Å². The predicted molar refractivity (Wildman–Crippen MR) is 85.3 cm³/mol. The first kappa shape index (κ1) is 16.3. The summed E-state index contributed by atoms with van der Waals surface area (Å²) in [4.78, 5) is 26.6. The predicted octanol–water partition coefficient (Wildman–Crippen LogP) is 2.96. The number of nitrogens with zero attached hydrogens (tertiary/aromatic N) is 1. The van der Waals surface area contributed by atoms with Gasteiger partial charge in [0, 0.05) is 18.3 Å². The lowest BCUT2D eigenvalue weighted by molar-refractivity contribution is -0.132. The summed E-state index contributed by atoms with van der Waals surface area (Å²) in [7, 11) is 0. The van der Waals surface area contributed by atoms with Crippen LogP contribution in [0.4, 0.5) is 0 Å². The minimum Gasteiger partial charge on any atom is -0.467 e. The Morgan fingerprint density at radius 3 is 2.73 bits per heavy atom. The van der Waals surface area contributed by atoms with E-state index in [1.165, 1.54) is 18.3 Å². The maximum absolute atomic E-state index is 12.5. The number of carbonyl (C=O) groups is 2. The highest BCUT2D eigenvalue weighted by Crippen LogP contribution is 2.23. The van der Waals surface area contributed by atoms with Crippen molar-refractivity contribution in [2.75, 3.05) is 6.54 Å². The van der Waals surface area contributed by atoms with Crippen LogP contribution >= 0.6 is 11.3 Å². The fraction of sp³-hybridized carbons (Fsp3) is 0.375. The average Bonchev–Trinajstić information content (AvgIpc) is 3.16. The molecule has 2 aromatic rings. The van der Waals surface area contributed by atoms with Crippen LogP contribution in [-0.4, -0.2) is 23.3 Å². The van der Waals surface area contributed by atoms with E-state index in [-0.39, 0.29) is 24.3 Å². The second-order valence-corrected chi connectivity index (χ2v) is 5.94. The number of carbonyl (C=O) groups excluding carboxylic acids is 2. The van der Waals surface area contributed by atoms with Crippen LogP contribution < -0.4 is 5.32 Å². The molecule has 0 aliphatic heterocycles. The lowest BCUT2D eigenvalue weighted by atomic mass is 10.1. The fourth-order valence-corrected chi connectivity index (χ4v) is 3.01. The van der Waals surface area contributed by atoms with E-state index < -0.39 is 0 Å². The van der Waals surface area contributed by atoms with Crippen molar-refractivity contribution in [3.05, 3.63) is 46.5 Å². The molecule has 0 saturated heterocycles. The van der Waals surface area contributed by atoms with Crippen LogP contribution in [0.25, 0.3) is 0 Å². The molecule has 1 N–H and O–H groups in total. The summed E-state index contributed by atoms with van der Waals surface area (Å²) in [5.41, 5.74) is 0. The molecule has 2 aromatic heterocycles. The summed E-state index contributed by atoms with van der Waals surface area (Å²) in [6, 6.07) is 7.22. The summed E-state index contributed by atoms with van der Waals surface area (Å²) in [5, 5.41) is 4.79. The van der Waals surface area contributed by atoms with Crippen molar-refractivity contribution >= 4 is 23.2 Å². The molecule has 0 spiro atoms. The topological polar surface area (TPSA) is 62.6 Å². The number of rotatable bonds is 7. The summed E-state index contributed by atoms with van der Waals surface area (Å²) < 4.78 is 5.30. The lowest BCUT2D eigenvalue weighted by Gasteiger charge is -2.23. The third kappa shape index (κ3) is 4.46. The number of thiophene rings is 1. The Labute approximate surface area is 133 Å². The minimum atomic E-state index is -0.282. The highest BCUT2D eigenvalue weighted by Gasteiger charge is 2.22. The third-order valence-corrected chi connectivity index (χ3v) is 4.29. The maximum atomic E-state index is 12.5. The number of nitrogens with one attached hydrogen (secondary N) is 1. The average molecular weight is 320 g/mol. The Balaban J connectivity index is 2.04. The van der Waals surface area contributed by atoms with Gasteiger partial charge in [-0.05, 0) is 30.5 Å². The van der Waals surface area contributed by atoms with Gasteiger partial charge in [-0.3, -0.25) is 9.59 Å². The van der Waals surface area contributed by atoms with Crippen LogP contribution in [0.2, 0.25) is 0 Å². The zero-order chi connectivity index (χ0) is 15.9. The van der Waals surface area contributed by atoms with Gasteiger partial charge in [0.05, 0.1) is 25.3 Å². The van der Waals surface area contributed by atoms with Gasteiger partial charge < -0.3 is 14.6 Å². The van der Waals surface area contributed by atoms with Crippen molar-refractivity contribution in [2.45, 2.75) is 32.9 Å². The van der Waals surface area contributed by atoms with Gasteiger partial charge in [-0.25, -0.2) is 0 Å². The molecule has 0 radical (unpaired) electrons. The molecule has 2 amide bonds. The lowest BCUT2D eigenvalue weighted by Crippen LogP contribution is -2.35. The molecule has 0 fully saturated rings. The zero-order valence-corrected chi connectivity index (χ0v) is 13.6. The van der Waals surface area contributed by atoms with Crippen molar-refractivity contribution in [1.82, 2.24) is 10.2 Å². The fourth-order valence-electron chi connectivity index (χ4n) is 2.23.